The highest BCUT2D eigenvalue weighted by molar-refractivity contribution is 5.52. The number of aliphatic imine (C=N–C) groups is 1. The van der Waals surface area contributed by atoms with Gasteiger partial charge in [-0.1, -0.05) is 12.7 Å². The molecule has 0 unspecified atom stereocenters. The van der Waals surface area contributed by atoms with Crippen LogP contribution in [0.2, 0.25) is 0 Å². The zero-order valence-electron chi connectivity index (χ0n) is 4.04. The molecule has 0 heterocycles. The summed E-state index contributed by atoms with van der Waals surface area (Å²) in [5.41, 5.74) is 4.89. The molecule has 0 amide bonds. The van der Waals surface area contributed by atoms with E-state index in [1.807, 2.05) is 0 Å². The largest absolute Gasteiger partial charge is 0.390 e. The lowest BCUT2D eigenvalue weighted by atomic mass is 10.6. The van der Waals surface area contributed by atoms with Crippen molar-refractivity contribution in [3.8, 4) is 0 Å². The van der Waals surface area contributed by atoms with Gasteiger partial charge in [-0.25, -0.2) is 4.99 Å². The van der Waals surface area contributed by atoms with Crippen LogP contribution < -0.4 is 5.73 Å². The Morgan fingerprint density at radius 3 is 2.71 bits per heavy atom. The maximum Gasteiger partial charge on any atom is 0.0852 e. The van der Waals surface area contributed by atoms with Crippen molar-refractivity contribution >= 4 is 6.34 Å². The van der Waals surface area contributed by atoms with Gasteiger partial charge in [0, 0.05) is 6.20 Å². The van der Waals surface area contributed by atoms with Crippen LogP contribution in [0.5, 0.6) is 0 Å². The van der Waals surface area contributed by atoms with E-state index in [-0.39, 0.29) is 0 Å². The average Bonchev–Trinajstić information content (AvgIpc) is 1.69. The van der Waals surface area contributed by atoms with Crippen molar-refractivity contribution in [2.24, 2.45) is 10.7 Å². The number of nitrogens with zero attached hydrogens (tertiary/aromatic N) is 1. The van der Waals surface area contributed by atoms with Gasteiger partial charge in [0.1, 0.15) is 0 Å². The standard InChI is InChI=1S/C5H8N2/c1-2-3-4-7-5-6/h2-5H,1H2,(H2,6,7)/b4-3-. The summed E-state index contributed by atoms with van der Waals surface area (Å²) in [5, 5.41) is 0. The molecule has 2 heteroatoms. The van der Waals surface area contributed by atoms with Crippen LogP contribution in [0, 0.1) is 0 Å². The quantitative estimate of drug-likeness (QED) is 0.306. The summed E-state index contributed by atoms with van der Waals surface area (Å²) in [6.07, 6.45) is 6.11. The minimum atomic E-state index is 1.22. The van der Waals surface area contributed by atoms with Gasteiger partial charge < -0.3 is 5.73 Å². The predicted molar refractivity (Wildman–Crippen MR) is 32.0 cm³/mol. The molecule has 0 aliphatic carbocycles. The fraction of sp³-hybridized carbons (Fsp3) is 0. The van der Waals surface area contributed by atoms with E-state index in [1.165, 1.54) is 6.34 Å². The Morgan fingerprint density at radius 1 is 1.57 bits per heavy atom. The van der Waals surface area contributed by atoms with E-state index in [9.17, 15) is 0 Å². The summed E-state index contributed by atoms with van der Waals surface area (Å²) < 4.78 is 0. The SMILES string of the molecule is C=C/C=C\N=C/N. The number of hydrogen-bond donors (Lipinski definition) is 1. The maximum atomic E-state index is 4.89. The molecule has 0 aromatic heterocycles. The summed E-state index contributed by atoms with van der Waals surface area (Å²) >= 11 is 0. The highest BCUT2D eigenvalue weighted by Crippen LogP contribution is 1.70. The average molecular weight is 96.1 g/mol. The fourth-order valence-electron chi connectivity index (χ4n) is 0.160. The summed E-state index contributed by atoms with van der Waals surface area (Å²) in [6, 6.07) is 0. The van der Waals surface area contributed by atoms with Gasteiger partial charge >= 0.3 is 0 Å². The van der Waals surface area contributed by atoms with Gasteiger partial charge in [0.05, 0.1) is 6.34 Å². The Balaban J connectivity index is 3.27. The fourth-order valence-corrected chi connectivity index (χ4v) is 0.160. The van der Waals surface area contributed by atoms with Crippen molar-refractivity contribution in [2.45, 2.75) is 0 Å². The van der Waals surface area contributed by atoms with Crippen LogP contribution in [0.1, 0.15) is 0 Å². The molecule has 0 spiro atoms. The zero-order valence-corrected chi connectivity index (χ0v) is 4.04. The Hall–Kier alpha value is -1.05. The lowest BCUT2D eigenvalue weighted by Gasteiger charge is -1.67. The van der Waals surface area contributed by atoms with Crippen LogP contribution in [0.15, 0.2) is 29.9 Å². The molecule has 0 saturated heterocycles. The molecule has 0 saturated carbocycles. The van der Waals surface area contributed by atoms with E-state index in [0.717, 1.165) is 0 Å². The molecule has 0 aromatic rings. The molecule has 0 fully saturated rings. The lowest BCUT2D eigenvalue weighted by Crippen LogP contribution is -1.84. The van der Waals surface area contributed by atoms with E-state index < -0.39 is 0 Å². The number of hydrogen-bond acceptors (Lipinski definition) is 1. The molecule has 7 heavy (non-hydrogen) atoms. The van der Waals surface area contributed by atoms with Gasteiger partial charge in [0.2, 0.25) is 0 Å². The Morgan fingerprint density at radius 2 is 2.29 bits per heavy atom. The molecular weight excluding hydrogens is 88.1 g/mol. The number of nitrogens with two attached hydrogens (primary N) is 1. The third-order valence-electron chi connectivity index (χ3n) is 0.394. The first-order chi connectivity index (χ1) is 3.41. The summed E-state index contributed by atoms with van der Waals surface area (Å²) in [5.74, 6) is 0. The van der Waals surface area contributed by atoms with Crippen molar-refractivity contribution in [3.63, 3.8) is 0 Å². The summed E-state index contributed by atoms with van der Waals surface area (Å²) in [6.45, 7) is 3.43. The molecule has 0 atom stereocenters. The Bertz CT molecular complexity index is 92.3. The first-order valence-corrected chi connectivity index (χ1v) is 1.92. The first-order valence-electron chi connectivity index (χ1n) is 1.92. The van der Waals surface area contributed by atoms with Crippen LogP contribution in [0.3, 0.4) is 0 Å². The molecule has 0 aliphatic rings. The van der Waals surface area contributed by atoms with E-state index in [1.54, 1.807) is 18.4 Å². The second-order valence-electron chi connectivity index (χ2n) is 0.875. The highest BCUT2D eigenvalue weighted by Gasteiger charge is 1.51. The molecule has 38 valence electrons. The minimum Gasteiger partial charge on any atom is -0.390 e. The van der Waals surface area contributed by atoms with Crippen LogP contribution in [0.4, 0.5) is 0 Å². The summed E-state index contributed by atoms with van der Waals surface area (Å²) in [4.78, 5) is 3.56. The zero-order chi connectivity index (χ0) is 5.54. The molecule has 2 N–H and O–H groups in total. The Kier molecular flexibility index (Phi) is 4.21. The van der Waals surface area contributed by atoms with Gasteiger partial charge in [0.15, 0.2) is 0 Å². The number of rotatable bonds is 2. The van der Waals surface area contributed by atoms with E-state index in [0.29, 0.717) is 0 Å². The maximum absolute atomic E-state index is 4.89. The molecule has 0 aliphatic heterocycles. The smallest absolute Gasteiger partial charge is 0.0852 e. The van der Waals surface area contributed by atoms with Gasteiger partial charge in [-0.3, -0.25) is 0 Å². The van der Waals surface area contributed by atoms with Crippen molar-refractivity contribution in [1.29, 1.82) is 0 Å². The highest BCUT2D eigenvalue weighted by atomic mass is 14.8. The Labute approximate surface area is 43.1 Å². The molecule has 0 radical (unpaired) electrons. The minimum absolute atomic E-state index is 1.22. The van der Waals surface area contributed by atoms with Gasteiger partial charge in [-0.05, 0) is 6.08 Å². The van der Waals surface area contributed by atoms with E-state index in [4.69, 9.17) is 5.73 Å². The van der Waals surface area contributed by atoms with Crippen molar-refractivity contribution in [3.05, 3.63) is 24.9 Å². The normalized spacial score (nSPS) is 10.9. The third kappa shape index (κ3) is 4.95. The van der Waals surface area contributed by atoms with E-state index >= 15 is 0 Å². The van der Waals surface area contributed by atoms with Crippen molar-refractivity contribution in [1.82, 2.24) is 0 Å². The number of allylic oxidation sites excluding steroid dienone is 2. The first kappa shape index (κ1) is 5.95. The van der Waals surface area contributed by atoms with Crippen molar-refractivity contribution < 1.29 is 0 Å². The molecule has 2 nitrogen and oxygen atoms in total. The predicted octanol–water partition coefficient (Wildman–Crippen LogP) is 0.673. The van der Waals surface area contributed by atoms with Crippen LogP contribution in [-0.2, 0) is 0 Å². The lowest BCUT2D eigenvalue weighted by molar-refractivity contribution is 1.56. The van der Waals surface area contributed by atoms with Crippen LogP contribution in [0.25, 0.3) is 0 Å². The van der Waals surface area contributed by atoms with Crippen molar-refractivity contribution in [2.75, 3.05) is 0 Å². The second-order valence-corrected chi connectivity index (χ2v) is 0.875. The molecular formula is C5H8N2. The molecule has 0 aromatic carbocycles. The monoisotopic (exact) mass is 96.1 g/mol. The molecule has 0 bridgehead atoms. The molecule has 0 rings (SSSR count). The van der Waals surface area contributed by atoms with Gasteiger partial charge in [0.25, 0.3) is 0 Å². The van der Waals surface area contributed by atoms with Crippen LogP contribution in [-0.4, -0.2) is 6.34 Å². The van der Waals surface area contributed by atoms with Gasteiger partial charge in [-0.2, -0.15) is 0 Å². The topological polar surface area (TPSA) is 38.4 Å². The van der Waals surface area contributed by atoms with Crippen LogP contribution >= 0.6 is 0 Å². The summed E-state index contributed by atoms with van der Waals surface area (Å²) in [7, 11) is 0. The second kappa shape index (κ2) is 4.95. The van der Waals surface area contributed by atoms with Gasteiger partial charge in [-0.15, -0.1) is 0 Å². The van der Waals surface area contributed by atoms with E-state index in [2.05, 4.69) is 11.6 Å². The third-order valence-corrected chi connectivity index (χ3v) is 0.394.